The topological polar surface area (TPSA) is 41.6 Å². The Morgan fingerprint density at radius 3 is 2.76 bits per heavy atom. The molecule has 0 spiro atoms. The Labute approximate surface area is 129 Å². The van der Waals surface area contributed by atoms with Gasteiger partial charge in [-0.3, -0.25) is 9.69 Å². The van der Waals surface area contributed by atoms with Crippen molar-refractivity contribution in [2.75, 3.05) is 26.2 Å². The van der Waals surface area contributed by atoms with Crippen molar-refractivity contribution in [1.82, 2.24) is 10.2 Å². The molecule has 21 heavy (non-hydrogen) atoms. The van der Waals surface area contributed by atoms with E-state index in [0.717, 1.165) is 32.0 Å². The molecule has 0 bridgehead atoms. The first-order valence-electron chi connectivity index (χ1n) is 8.77. The number of piperidine rings is 1. The normalized spacial score (nSPS) is 28.9. The number of ether oxygens (including phenoxy) is 1. The van der Waals surface area contributed by atoms with Crippen LogP contribution >= 0.6 is 0 Å². The number of likely N-dealkylation sites (tertiary alicyclic amines) is 1. The molecule has 2 aliphatic rings. The van der Waals surface area contributed by atoms with Crippen molar-refractivity contribution >= 4 is 5.97 Å². The predicted octanol–water partition coefficient (Wildman–Crippen LogP) is 2.57. The lowest BCUT2D eigenvalue weighted by atomic mass is 9.90. The summed E-state index contributed by atoms with van der Waals surface area (Å²) in [7, 11) is 0. The van der Waals surface area contributed by atoms with Gasteiger partial charge in [0.25, 0.3) is 0 Å². The minimum atomic E-state index is -0.573. The van der Waals surface area contributed by atoms with Gasteiger partial charge in [0.15, 0.2) is 0 Å². The predicted molar refractivity (Wildman–Crippen MR) is 85.3 cm³/mol. The number of hydrogen-bond acceptors (Lipinski definition) is 4. The van der Waals surface area contributed by atoms with Crippen molar-refractivity contribution in [1.29, 1.82) is 0 Å². The van der Waals surface area contributed by atoms with Gasteiger partial charge in [-0.05, 0) is 65.0 Å². The summed E-state index contributed by atoms with van der Waals surface area (Å²) in [6, 6.07) is 0.691. The standard InChI is InChI=1S/C17H32N2O2/c1-4-11-18-17(3,16(20)21-5-2)13-19-12-7-9-14-8-6-10-15(14)19/h14-15,18H,4-13H2,1-3H3. The molecule has 3 unspecified atom stereocenters. The van der Waals surface area contributed by atoms with E-state index in [2.05, 4.69) is 17.1 Å². The second kappa shape index (κ2) is 7.59. The number of fused-ring (bicyclic) bond motifs is 1. The molecule has 0 radical (unpaired) electrons. The van der Waals surface area contributed by atoms with Gasteiger partial charge < -0.3 is 10.1 Å². The van der Waals surface area contributed by atoms with Crippen molar-refractivity contribution in [2.24, 2.45) is 5.92 Å². The maximum Gasteiger partial charge on any atom is 0.327 e. The van der Waals surface area contributed by atoms with E-state index in [0.29, 0.717) is 12.6 Å². The molecular weight excluding hydrogens is 264 g/mol. The van der Waals surface area contributed by atoms with E-state index in [9.17, 15) is 4.79 Å². The molecule has 0 amide bonds. The smallest absolute Gasteiger partial charge is 0.327 e. The summed E-state index contributed by atoms with van der Waals surface area (Å²) in [4.78, 5) is 15.0. The van der Waals surface area contributed by atoms with Gasteiger partial charge in [0.05, 0.1) is 6.61 Å². The third-order valence-electron chi connectivity index (χ3n) is 5.12. The molecule has 2 fully saturated rings. The van der Waals surface area contributed by atoms with E-state index in [1.807, 2.05) is 13.8 Å². The fourth-order valence-corrected chi connectivity index (χ4v) is 4.04. The van der Waals surface area contributed by atoms with E-state index in [1.165, 1.54) is 32.1 Å². The van der Waals surface area contributed by atoms with Crippen molar-refractivity contribution in [3.05, 3.63) is 0 Å². The number of carbonyl (C=O) groups excluding carboxylic acids is 1. The highest BCUT2D eigenvalue weighted by molar-refractivity contribution is 5.80. The van der Waals surface area contributed by atoms with Crippen LogP contribution in [0.4, 0.5) is 0 Å². The van der Waals surface area contributed by atoms with Crippen molar-refractivity contribution < 1.29 is 9.53 Å². The lowest BCUT2D eigenvalue weighted by molar-refractivity contribution is -0.152. The molecule has 1 aliphatic heterocycles. The van der Waals surface area contributed by atoms with Crippen molar-refractivity contribution in [3.8, 4) is 0 Å². The third kappa shape index (κ3) is 3.98. The van der Waals surface area contributed by atoms with Crippen LogP contribution in [0.25, 0.3) is 0 Å². The number of hydrogen-bond donors (Lipinski definition) is 1. The average molecular weight is 296 g/mol. The van der Waals surface area contributed by atoms with Gasteiger partial charge in [0.2, 0.25) is 0 Å². The van der Waals surface area contributed by atoms with Gasteiger partial charge in [-0.1, -0.05) is 13.3 Å². The SMILES string of the molecule is CCCNC(C)(CN1CCCC2CCCC21)C(=O)OCC. The summed E-state index contributed by atoms with van der Waals surface area (Å²) in [6.45, 7) is 9.25. The van der Waals surface area contributed by atoms with Crippen LogP contribution in [0.1, 0.15) is 59.3 Å². The molecule has 3 atom stereocenters. The molecule has 1 heterocycles. The summed E-state index contributed by atoms with van der Waals surface area (Å²) in [5, 5.41) is 3.44. The number of rotatable bonds is 7. The number of nitrogens with one attached hydrogen (secondary N) is 1. The second-order valence-electron chi connectivity index (χ2n) is 6.85. The van der Waals surface area contributed by atoms with Gasteiger partial charge in [-0.2, -0.15) is 0 Å². The van der Waals surface area contributed by atoms with Gasteiger partial charge in [-0.25, -0.2) is 0 Å². The van der Waals surface area contributed by atoms with Crippen molar-refractivity contribution in [2.45, 2.75) is 70.9 Å². The summed E-state index contributed by atoms with van der Waals surface area (Å²) in [5.74, 6) is 0.759. The third-order valence-corrected chi connectivity index (χ3v) is 5.12. The first-order valence-corrected chi connectivity index (χ1v) is 8.77. The highest BCUT2D eigenvalue weighted by Crippen LogP contribution is 2.37. The molecule has 1 saturated carbocycles. The zero-order chi connectivity index (χ0) is 15.3. The van der Waals surface area contributed by atoms with E-state index >= 15 is 0 Å². The Hall–Kier alpha value is -0.610. The van der Waals surface area contributed by atoms with Gasteiger partial charge in [0, 0.05) is 12.6 Å². The first-order chi connectivity index (χ1) is 10.1. The summed E-state index contributed by atoms with van der Waals surface area (Å²) < 4.78 is 5.33. The quantitative estimate of drug-likeness (QED) is 0.733. The molecule has 4 nitrogen and oxygen atoms in total. The van der Waals surface area contributed by atoms with Crippen LogP contribution in [0.3, 0.4) is 0 Å². The largest absolute Gasteiger partial charge is 0.465 e. The maximum atomic E-state index is 12.4. The number of carbonyl (C=O) groups is 1. The monoisotopic (exact) mass is 296 g/mol. The lowest BCUT2D eigenvalue weighted by Gasteiger charge is -2.42. The molecule has 0 aromatic heterocycles. The average Bonchev–Trinajstić information content (AvgIpc) is 2.95. The summed E-state index contributed by atoms with van der Waals surface area (Å²) in [5.41, 5.74) is -0.573. The van der Waals surface area contributed by atoms with Crippen LogP contribution in [0.5, 0.6) is 0 Å². The Morgan fingerprint density at radius 2 is 2.05 bits per heavy atom. The van der Waals surface area contributed by atoms with E-state index in [4.69, 9.17) is 4.74 Å². The molecule has 1 saturated heterocycles. The number of esters is 1. The summed E-state index contributed by atoms with van der Waals surface area (Å²) in [6.07, 6.45) is 7.70. The molecule has 2 rings (SSSR count). The van der Waals surface area contributed by atoms with Crippen LogP contribution in [-0.2, 0) is 9.53 Å². The van der Waals surface area contributed by atoms with Crippen LogP contribution in [0.15, 0.2) is 0 Å². The van der Waals surface area contributed by atoms with Crippen molar-refractivity contribution in [3.63, 3.8) is 0 Å². The summed E-state index contributed by atoms with van der Waals surface area (Å²) >= 11 is 0. The fraction of sp³-hybridized carbons (Fsp3) is 0.941. The van der Waals surface area contributed by atoms with Crippen LogP contribution in [0.2, 0.25) is 0 Å². The lowest BCUT2D eigenvalue weighted by Crippen LogP contribution is -2.60. The number of nitrogens with zero attached hydrogens (tertiary/aromatic N) is 1. The highest BCUT2D eigenvalue weighted by atomic mass is 16.5. The zero-order valence-corrected chi connectivity index (χ0v) is 14.0. The van der Waals surface area contributed by atoms with Crippen LogP contribution in [-0.4, -0.2) is 48.7 Å². The highest BCUT2D eigenvalue weighted by Gasteiger charge is 2.41. The zero-order valence-electron chi connectivity index (χ0n) is 14.0. The molecule has 1 N–H and O–H groups in total. The van der Waals surface area contributed by atoms with Gasteiger partial charge in [0.1, 0.15) is 5.54 Å². The minimum Gasteiger partial charge on any atom is -0.465 e. The fourth-order valence-electron chi connectivity index (χ4n) is 4.04. The maximum absolute atomic E-state index is 12.4. The van der Waals surface area contributed by atoms with Gasteiger partial charge in [-0.15, -0.1) is 0 Å². The molecule has 0 aromatic carbocycles. The van der Waals surface area contributed by atoms with Crippen LogP contribution < -0.4 is 5.32 Å². The Morgan fingerprint density at radius 1 is 1.29 bits per heavy atom. The van der Waals surface area contributed by atoms with E-state index in [1.54, 1.807) is 0 Å². The van der Waals surface area contributed by atoms with Gasteiger partial charge >= 0.3 is 5.97 Å². The molecule has 122 valence electrons. The van der Waals surface area contributed by atoms with E-state index < -0.39 is 5.54 Å². The molecule has 4 heteroatoms. The second-order valence-corrected chi connectivity index (χ2v) is 6.85. The minimum absolute atomic E-state index is 0.0985. The molecular formula is C17H32N2O2. The van der Waals surface area contributed by atoms with E-state index in [-0.39, 0.29) is 5.97 Å². The Bertz CT molecular complexity index is 348. The first kappa shape index (κ1) is 16.8. The van der Waals surface area contributed by atoms with Crippen LogP contribution in [0, 0.1) is 5.92 Å². The molecule has 1 aliphatic carbocycles. The Kier molecular flexibility index (Phi) is 6.06. The Balaban J connectivity index is 2.04. The molecule has 0 aromatic rings.